The molecule has 0 unspecified atom stereocenters. The summed E-state index contributed by atoms with van der Waals surface area (Å²) < 4.78 is 7.33. The van der Waals surface area contributed by atoms with E-state index in [9.17, 15) is 4.79 Å². The number of nitrogens with zero attached hydrogens (tertiary/aromatic N) is 1. The maximum absolute atomic E-state index is 12.1. The number of hydrogen-bond acceptors (Lipinski definition) is 3. The normalized spacial score (nSPS) is 22.6. The molecular formula is C13H21N3O2. The largest absolute Gasteiger partial charge is 0.397 e. The Labute approximate surface area is 107 Å². The summed E-state index contributed by atoms with van der Waals surface area (Å²) in [7, 11) is 0. The maximum Gasteiger partial charge on any atom is 0.268 e. The van der Waals surface area contributed by atoms with Gasteiger partial charge in [-0.2, -0.15) is 0 Å². The highest BCUT2D eigenvalue weighted by molar-refractivity contribution is 5.94. The van der Waals surface area contributed by atoms with E-state index in [-0.39, 0.29) is 11.9 Å². The highest BCUT2D eigenvalue weighted by Crippen LogP contribution is 2.23. The van der Waals surface area contributed by atoms with Gasteiger partial charge in [0.25, 0.3) is 5.91 Å². The summed E-state index contributed by atoms with van der Waals surface area (Å²) in [6.45, 7) is 5.46. The molecule has 0 saturated heterocycles. The number of hydrogen-bond donors (Lipinski definition) is 2. The van der Waals surface area contributed by atoms with Crippen molar-refractivity contribution in [2.24, 2.45) is 0 Å². The van der Waals surface area contributed by atoms with Gasteiger partial charge in [-0.25, -0.2) is 0 Å². The van der Waals surface area contributed by atoms with Gasteiger partial charge in [0.05, 0.1) is 11.8 Å². The van der Waals surface area contributed by atoms with Gasteiger partial charge in [0.2, 0.25) is 0 Å². The standard InChI is InChI=1S/C13H21N3O2/c1-3-16-8-9(14)5-12(16)13(17)15-10-6-11(7-10)18-4-2/h5,8,10-11H,3-4,6-7,14H2,1-2H3,(H,15,17). The molecule has 1 aliphatic carbocycles. The fraction of sp³-hybridized carbons (Fsp3) is 0.615. The van der Waals surface area contributed by atoms with E-state index in [1.807, 2.05) is 18.4 Å². The molecular weight excluding hydrogens is 230 g/mol. The second-order valence-corrected chi connectivity index (χ2v) is 4.66. The Balaban J connectivity index is 1.89. The number of rotatable bonds is 5. The van der Waals surface area contributed by atoms with E-state index in [2.05, 4.69) is 5.32 Å². The van der Waals surface area contributed by atoms with E-state index >= 15 is 0 Å². The van der Waals surface area contributed by atoms with Crippen molar-refractivity contribution in [3.63, 3.8) is 0 Å². The molecule has 2 rings (SSSR count). The molecule has 0 bridgehead atoms. The van der Waals surface area contributed by atoms with E-state index < -0.39 is 0 Å². The summed E-state index contributed by atoms with van der Waals surface area (Å²) in [5.74, 6) is -0.0477. The summed E-state index contributed by atoms with van der Waals surface area (Å²) in [6, 6.07) is 1.95. The van der Waals surface area contributed by atoms with Crippen LogP contribution in [0.25, 0.3) is 0 Å². The second kappa shape index (κ2) is 5.44. The third kappa shape index (κ3) is 2.67. The third-order valence-corrected chi connectivity index (χ3v) is 3.32. The van der Waals surface area contributed by atoms with Gasteiger partial charge in [-0.15, -0.1) is 0 Å². The Morgan fingerprint density at radius 2 is 2.28 bits per heavy atom. The minimum atomic E-state index is -0.0477. The first kappa shape index (κ1) is 13.0. The molecule has 1 amide bonds. The molecule has 1 aromatic rings. The highest BCUT2D eigenvalue weighted by Gasteiger charge is 2.31. The van der Waals surface area contributed by atoms with Crippen molar-refractivity contribution < 1.29 is 9.53 Å². The third-order valence-electron chi connectivity index (χ3n) is 3.32. The van der Waals surface area contributed by atoms with Crippen LogP contribution in [0.2, 0.25) is 0 Å². The monoisotopic (exact) mass is 251 g/mol. The van der Waals surface area contributed by atoms with Crippen LogP contribution >= 0.6 is 0 Å². The smallest absolute Gasteiger partial charge is 0.268 e. The first-order valence-corrected chi connectivity index (χ1v) is 6.52. The first-order valence-electron chi connectivity index (χ1n) is 6.52. The zero-order valence-corrected chi connectivity index (χ0v) is 11.0. The van der Waals surface area contributed by atoms with Crippen LogP contribution < -0.4 is 11.1 Å². The Morgan fingerprint density at radius 1 is 1.56 bits per heavy atom. The summed E-state index contributed by atoms with van der Waals surface area (Å²) in [5.41, 5.74) is 6.97. The number of nitrogens with one attached hydrogen (secondary N) is 1. The van der Waals surface area contributed by atoms with E-state index in [0.29, 0.717) is 17.5 Å². The van der Waals surface area contributed by atoms with Gasteiger partial charge in [-0.3, -0.25) is 4.79 Å². The minimum absolute atomic E-state index is 0.0477. The molecule has 0 aliphatic heterocycles. The lowest BCUT2D eigenvalue weighted by atomic mass is 9.89. The number of amides is 1. The van der Waals surface area contributed by atoms with Crippen molar-refractivity contribution in [3.05, 3.63) is 18.0 Å². The number of anilines is 1. The number of nitrogens with two attached hydrogens (primary N) is 1. The molecule has 0 aromatic carbocycles. The van der Waals surface area contributed by atoms with E-state index in [1.165, 1.54) is 0 Å². The Morgan fingerprint density at radius 3 is 2.89 bits per heavy atom. The van der Waals surface area contributed by atoms with Gasteiger partial charge in [-0.1, -0.05) is 0 Å². The maximum atomic E-state index is 12.1. The predicted octanol–water partition coefficient (Wildman–Crippen LogP) is 1.39. The molecule has 3 N–H and O–H groups in total. The van der Waals surface area contributed by atoms with Crippen molar-refractivity contribution in [3.8, 4) is 0 Å². The number of carbonyl (C=O) groups is 1. The van der Waals surface area contributed by atoms with Crippen molar-refractivity contribution in [2.45, 2.75) is 45.4 Å². The van der Waals surface area contributed by atoms with Crippen LogP contribution in [0.4, 0.5) is 5.69 Å². The van der Waals surface area contributed by atoms with Gasteiger partial charge in [0.15, 0.2) is 0 Å². The number of nitrogen functional groups attached to an aromatic ring is 1. The molecule has 1 fully saturated rings. The van der Waals surface area contributed by atoms with Crippen LogP contribution in [0.15, 0.2) is 12.3 Å². The SMILES string of the molecule is CCOC1CC(NC(=O)c2cc(N)cn2CC)C1. The Hall–Kier alpha value is -1.49. The lowest BCUT2D eigenvalue weighted by Gasteiger charge is -2.35. The zero-order chi connectivity index (χ0) is 13.1. The lowest BCUT2D eigenvalue weighted by Crippen LogP contribution is -2.48. The zero-order valence-electron chi connectivity index (χ0n) is 11.0. The van der Waals surface area contributed by atoms with Gasteiger partial charge in [0.1, 0.15) is 5.69 Å². The average molecular weight is 251 g/mol. The van der Waals surface area contributed by atoms with Crippen molar-refractivity contribution in [1.82, 2.24) is 9.88 Å². The van der Waals surface area contributed by atoms with Crippen LogP contribution in [0.5, 0.6) is 0 Å². The van der Waals surface area contributed by atoms with Gasteiger partial charge >= 0.3 is 0 Å². The number of ether oxygens (including phenoxy) is 1. The summed E-state index contributed by atoms with van der Waals surface area (Å²) in [6.07, 6.45) is 3.91. The lowest BCUT2D eigenvalue weighted by molar-refractivity contribution is -0.00870. The molecule has 0 spiro atoms. The van der Waals surface area contributed by atoms with Crippen molar-refractivity contribution in [2.75, 3.05) is 12.3 Å². The molecule has 0 radical (unpaired) electrons. The molecule has 5 heteroatoms. The van der Waals surface area contributed by atoms with Gasteiger partial charge in [0, 0.05) is 25.4 Å². The number of aryl methyl sites for hydroxylation is 1. The highest BCUT2D eigenvalue weighted by atomic mass is 16.5. The molecule has 5 nitrogen and oxygen atoms in total. The predicted molar refractivity (Wildman–Crippen MR) is 70.4 cm³/mol. The average Bonchev–Trinajstić information content (AvgIpc) is 2.67. The Bertz CT molecular complexity index is 422. The van der Waals surface area contributed by atoms with E-state index in [4.69, 9.17) is 10.5 Å². The van der Waals surface area contributed by atoms with Crippen molar-refractivity contribution >= 4 is 11.6 Å². The minimum Gasteiger partial charge on any atom is -0.397 e. The quantitative estimate of drug-likeness (QED) is 0.830. The van der Waals surface area contributed by atoms with Crippen LogP contribution in [-0.4, -0.2) is 29.2 Å². The molecule has 18 heavy (non-hydrogen) atoms. The molecule has 100 valence electrons. The van der Waals surface area contributed by atoms with Crippen LogP contribution in [-0.2, 0) is 11.3 Å². The van der Waals surface area contributed by atoms with Crippen LogP contribution in [0, 0.1) is 0 Å². The van der Waals surface area contributed by atoms with Crippen molar-refractivity contribution in [1.29, 1.82) is 0 Å². The number of aromatic nitrogens is 1. The molecule has 1 heterocycles. The summed E-state index contributed by atoms with van der Waals surface area (Å²) in [4.78, 5) is 12.1. The molecule has 1 saturated carbocycles. The first-order chi connectivity index (χ1) is 8.63. The molecule has 1 aromatic heterocycles. The topological polar surface area (TPSA) is 69.3 Å². The fourth-order valence-corrected chi connectivity index (χ4v) is 2.30. The molecule has 0 atom stereocenters. The van der Waals surface area contributed by atoms with E-state index in [1.54, 1.807) is 12.3 Å². The number of carbonyl (C=O) groups excluding carboxylic acids is 1. The summed E-state index contributed by atoms with van der Waals surface area (Å²) in [5, 5.41) is 3.01. The van der Waals surface area contributed by atoms with Gasteiger partial charge < -0.3 is 20.4 Å². The fourth-order valence-electron chi connectivity index (χ4n) is 2.30. The van der Waals surface area contributed by atoms with Crippen LogP contribution in [0.3, 0.4) is 0 Å². The molecule has 1 aliphatic rings. The van der Waals surface area contributed by atoms with Crippen LogP contribution in [0.1, 0.15) is 37.2 Å². The Kier molecular flexibility index (Phi) is 3.91. The second-order valence-electron chi connectivity index (χ2n) is 4.66. The summed E-state index contributed by atoms with van der Waals surface area (Å²) >= 11 is 0. The van der Waals surface area contributed by atoms with E-state index in [0.717, 1.165) is 26.0 Å². The van der Waals surface area contributed by atoms with Gasteiger partial charge in [-0.05, 0) is 32.8 Å².